The summed E-state index contributed by atoms with van der Waals surface area (Å²) >= 11 is 1.66. The molecule has 310 valence electrons. The van der Waals surface area contributed by atoms with E-state index in [9.17, 15) is 0 Å². The van der Waals surface area contributed by atoms with Gasteiger partial charge >= 0.3 is 0 Å². The largest absolute Gasteiger partial charge is 0.310 e. The van der Waals surface area contributed by atoms with Gasteiger partial charge < -0.3 is 9.13 Å². The highest BCUT2D eigenvalue weighted by molar-refractivity contribution is 7.26. The van der Waals surface area contributed by atoms with Gasteiger partial charge in [0.1, 0.15) is 102 Å². The van der Waals surface area contributed by atoms with Gasteiger partial charge in [-0.3, -0.25) is 0 Å². The first-order valence-corrected chi connectivity index (χ1v) is 24.0. The molecule has 19 heteroatoms. The SMILES string of the molecule is [B]c1c([B])c([B])c(-c2nc(-c3ccccc3)nc(-c3ccc(-n4c5ccccc5c5c6c(ccc54)sc4cc(-n5c7c([B])c([B])c([B])c([B])c7c7c([B])c([B])c([B])c([B])c75)ccc46)c4ccccc34)n2)c([B])c1[B]. The van der Waals surface area contributed by atoms with E-state index in [1.54, 1.807) is 11.3 Å². The van der Waals surface area contributed by atoms with Gasteiger partial charge in [0.25, 0.3) is 0 Å². The number of rotatable bonds is 5. The molecule has 4 heterocycles. The zero-order chi connectivity index (χ0) is 51.3. The van der Waals surface area contributed by atoms with Gasteiger partial charge in [-0.2, -0.15) is 0 Å². The van der Waals surface area contributed by atoms with E-state index >= 15 is 0 Å². The van der Waals surface area contributed by atoms with Crippen LogP contribution in [0.4, 0.5) is 0 Å². The van der Waals surface area contributed by atoms with E-state index in [0.29, 0.717) is 33.5 Å². The molecule has 5 nitrogen and oxygen atoms in total. The summed E-state index contributed by atoms with van der Waals surface area (Å²) in [7, 11) is 85.0. The summed E-state index contributed by atoms with van der Waals surface area (Å²) in [4.78, 5) is 15.0. The molecule has 0 amide bonds. The van der Waals surface area contributed by atoms with Crippen LogP contribution in [0.3, 0.4) is 0 Å². The van der Waals surface area contributed by atoms with Crippen LogP contribution in [-0.2, 0) is 0 Å². The second kappa shape index (κ2) is 17.0. The Bertz CT molecular complexity index is 4560. The number of para-hydroxylation sites is 1. The highest BCUT2D eigenvalue weighted by atomic mass is 32.1. The Kier molecular flexibility index (Phi) is 10.7. The maximum atomic E-state index is 6.80. The molecule has 13 rings (SSSR count). The lowest BCUT2D eigenvalue weighted by molar-refractivity contribution is 1.08. The molecule has 0 fully saturated rings. The zero-order valence-corrected chi connectivity index (χ0v) is 40.0. The fourth-order valence-electron chi connectivity index (χ4n) is 10.8. The lowest BCUT2D eigenvalue weighted by atomic mass is 9.60. The van der Waals surface area contributed by atoms with Crippen molar-refractivity contribution in [2.24, 2.45) is 0 Å². The number of hydrogen-bond donors (Lipinski definition) is 0. The average Bonchev–Trinajstić information content (AvgIpc) is 4.11. The molecule has 0 spiro atoms. The van der Waals surface area contributed by atoms with Gasteiger partial charge in [0, 0.05) is 69.7 Å². The predicted octanol–water partition coefficient (Wildman–Crippen LogP) is -1.09. The van der Waals surface area contributed by atoms with E-state index in [1.807, 2.05) is 59.2 Å². The van der Waals surface area contributed by atoms with Crippen molar-refractivity contribution in [3.63, 3.8) is 0 Å². The molecule has 26 radical (unpaired) electrons. The van der Waals surface area contributed by atoms with Crippen molar-refractivity contribution in [1.29, 1.82) is 0 Å². The van der Waals surface area contributed by atoms with E-state index in [4.69, 9.17) is 117 Å². The summed E-state index contributed by atoms with van der Waals surface area (Å²) in [5, 5.41) is 7.11. The quantitative estimate of drug-likeness (QED) is 0.207. The van der Waals surface area contributed by atoms with E-state index < -0.39 is 0 Å². The van der Waals surface area contributed by atoms with Crippen molar-refractivity contribution >= 4 is 259 Å². The van der Waals surface area contributed by atoms with Gasteiger partial charge in [0.15, 0.2) is 17.5 Å². The number of nitrogens with zero attached hydrogens (tertiary/aromatic N) is 5. The van der Waals surface area contributed by atoms with Crippen LogP contribution in [0.1, 0.15) is 0 Å². The Morgan fingerprint density at radius 2 is 0.878 bits per heavy atom. The Morgan fingerprint density at radius 1 is 0.338 bits per heavy atom. The first-order chi connectivity index (χ1) is 35.7. The summed E-state index contributed by atoms with van der Waals surface area (Å²) in [5.41, 5.74) is 8.32. The molecule has 0 aliphatic rings. The molecule has 0 N–H and O–H groups in total. The minimum absolute atomic E-state index is 0.0931. The van der Waals surface area contributed by atoms with Crippen LogP contribution in [0, 0.1) is 0 Å². The highest BCUT2D eigenvalue weighted by Gasteiger charge is 2.26. The third-order valence-electron chi connectivity index (χ3n) is 14.4. The molecule has 4 aromatic heterocycles. The van der Waals surface area contributed by atoms with Crippen LogP contribution in [-0.4, -0.2) is 126 Å². The van der Waals surface area contributed by atoms with Crippen molar-refractivity contribution in [2.45, 2.75) is 0 Å². The van der Waals surface area contributed by atoms with Gasteiger partial charge in [-0.25, -0.2) is 15.0 Å². The molecule has 0 bridgehead atoms. The summed E-state index contributed by atoms with van der Waals surface area (Å²) in [5.74, 6) is 0.978. The third kappa shape index (κ3) is 6.50. The van der Waals surface area contributed by atoms with Crippen LogP contribution in [0.15, 0.2) is 121 Å². The minimum Gasteiger partial charge on any atom is -0.310 e. The topological polar surface area (TPSA) is 48.5 Å². The van der Waals surface area contributed by atoms with Crippen molar-refractivity contribution in [3.8, 4) is 45.5 Å². The number of aromatic nitrogens is 5. The van der Waals surface area contributed by atoms with Crippen LogP contribution >= 0.6 is 11.3 Å². The van der Waals surface area contributed by atoms with Crippen molar-refractivity contribution in [2.75, 3.05) is 0 Å². The van der Waals surface area contributed by atoms with Crippen molar-refractivity contribution in [1.82, 2.24) is 24.1 Å². The summed E-state index contributed by atoms with van der Waals surface area (Å²) < 4.78 is 6.29. The molecule has 0 unspecified atom stereocenters. The maximum Gasteiger partial charge on any atom is 0.164 e. The normalized spacial score (nSPS) is 11.9. The first kappa shape index (κ1) is 46.7. The summed E-state index contributed by atoms with van der Waals surface area (Å²) in [6, 6.07) is 40.9. The van der Waals surface area contributed by atoms with E-state index in [2.05, 4.69) is 71.3 Å². The van der Waals surface area contributed by atoms with Gasteiger partial charge in [0.05, 0.1) is 16.7 Å². The van der Waals surface area contributed by atoms with Crippen LogP contribution < -0.4 is 71.0 Å². The van der Waals surface area contributed by atoms with Crippen molar-refractivity contribution in [3.05, 3.63) is 121 Å². The van der Waals surface area contributed by atoms with Crippen LogP contribution in [0.5, 0.6) is 0 Å². The first-order valence-electron chi connectivity index (χ1n) is 23.2. The molecule has 9 aromatic carbocycles. The van der Waals surface area contributed by atoms with Gasteiger partial charge in [-0.05, 0) is 58.6 Å². The molecule has 0 aliphatic heterocycles. The average molecular weight is 923 g/mol. The lowest BCUT2D eigenvalue weighted by Crippen LogP contribution is -2.55. The Hall–Kier alpha value is -7.09. The van der Waals surface area contributed by atoms with Gasteiger partial charge in [-0.1, -0.05) is 112 Å². The number of fused-ring (bicyclic) bond motifs is 11. The van der Waals surface area contributed by atoms with Crippen LogP contribution in [0.2, 0.25) is 0 Å². The fourth-order valence-corrected chi connectivity index (χ4v) is 11.9. The lowest BCUT2D eigenvalue weighted by Gasteiger charge is -2.21. The fraction of sp³-hybridized carbons (Fsp3) is 0. The zero-order valence-electron chi connectivity index (χ0n) is 39.2. The van der Waals surface area contributed by atoms with Crippen LogP contribution in [0.25, 0.3) is 120 Å². The molecule has 0 saturated carbocycles. The minimum atomic E-state index is 0.0931. The molecular weight excluding hydrogens is 903 g/mol. The third-order valence-corrected chi connectivity index (χ3v) is 15.6. The monoisotopic (exact) mass is 925 g/mol. The maximum absolute atomic E-state index is 6.80. The molecule has 0 atom stereocenters. The number of thiophene rings is 1. The van der Waals surface area contributed by atoms with E-state index in [1.165, 1.54) is 0 Å². The van der Waals surface area contributed by atoms with Gasteiger partial charge in [0.2, 0.25) is 0 Å². The summed E-state index contributed by atoms with van der Waals surface area (Å²) in [6.45, 7) is 0. The number of benzene rings is 9. The molecular formula is C55H20B13N5S. The predicted molar refractivity (Wildman–Crippen MR) is 325 cm³/mol. The van der Waals surface area contributed by atoms with Gasteiger partial charge in [-0.15, -0.1) is 49.6 Å². The smallest absolute Gasteiger partial charge is 0.164 e. The molecule has 13 aromatic rings. The van der Waals surface area contributed by atoms with E-state index in [0.717, 1.165) is 75.3 Å². The molecule has 0 saturated heterocycles. The second-order valence-corrected chi connectivity index (χ2v) is 19.4. The standard InChI is InChI=1S/C55H20B13N5S/c56-38-35-36-39(57)43(61)48(66)50(68)52(36)72(51(35)49(67)47(65)42(38)60)22-14-15-27-32(20-22)74-31-19-18-30-33(34(27)31)26-12-6-7-13-28(26)73(30)29-17-16-25(23-10-4-5-11-24(23)29)54-69-53(21-8-2-1-3-9-21)70-55(71-54)37-40(58)44(62)46(64)45(63)41(37)59/h1-20H. The Morgan fingerprint density at radius 3 is 1.54 bits per heavy atom. The Labute approximate surface area is 447 Å². The summed E-state index contributed by atoms with van der Waals surface area (Å²) in [6.07, 6.45) is 0. The number of hydrogen-bond acceptors (Lipinski definition) is 4. The molecule has 74 heavy (non-hydrogen) atoms. The molecule has 0 aliphatic carbocycles. The van der Waals surface area contributed by atoms with E-state index in [-0.39, 0.29) is 82.4 Å². The van der Waals surface area contributed by atoms with Crippen molar-refractivity contribution < 1.29 is 0 Å². The highest BCUT2D eigenvalue weighted by Crippen LogP contribution is 2.45. The Balaban J connectivity index is 1.03. The second-order valence-electron chi connectivity index (χ2n) is 18.4.